The van der Waals surface area contributed by atoms with Crippen molar-refractivity contribution in [1.82, 2.24) is 9.78 Å². The molecule has 146 valence electrons. The molecule has 27 heavy (non-hydrogen) atoms. The Morgan fingerprint density at radius 1 is 1.44 bits per heavy atom. The van der Waals surface area contributed by atoms with Crippen LogP contribution in [0.15, 0.2) is 35.5 Å². The Balaban J connectivity index is 1.84. The Bertz CT molecular complexity index is 941. The first-order chi connectivity index (χ1) is 12.8. The van der Waals surface area contributed by atoms with Crippen LogP contribution >= 0.6 is 0 Å². The van der Waals surface area contributed by atoms with Crippen LogP contribution in [0.3, 0.4) is 0 Å². The van der Waals surface area contributed by atoms with Crippen molar-refractivity contribution < 1.29 is 22.7 Å². The van der Waals surface area contributed by atoms with Gasteiger partial charge in [-0.2, -0.15) is 5.10 Å². The summed E-state index contributed by atoms with van der Waals surface area (Å²) < 4.78 is 39.9. The minimum atomic E-state index is -3.91. The molecule has 0 spiro atoms. The van der Waals surface area contributed by atoms with Gasteiger partial charge in [0, 0.05) is 6.20 Å². The lowest BCUT2D eigenvalue weighted by Crippen LogP contribution is -2.31. The lowest BCUT2D eigenvalue weighted by Gasteiger charge is -2.13. The number of aromatic nitrogens is 2. The zero-order chi connectivity index (χ0) is 19.6. The molecule has 10 heteroatoms. The zero-order valence-electron chi connectivity index (χ0n) is 15.1. The number of hydrogen-bond acceptors (Lipinski definition) is 7. The van der Waals surface area contributed by atoms with Crippen LogP contribution < -0.4 is 10.5 Å². The third kappa shape index (κ3) is 4.12. The van der Waals surface area contributed by atoms with Crippen LogP contribution in [0.25, 0.3) is 0 Å². The van der Waals surface area contributed by atoms with E-state index in [2.05, 4.69) is 9.82 Å². The van der Waals surface area contributed by atoms with E-state index >= 15 is 0 Å². The Kier molecular flexibility index (Phi) is 5.49. The van der Waals surface area contributed by atoms with E-state index in [1.807, 2.05) is 0 Å². The van der Waals surface area contributed by atoms with Crippen molar-refractivity contribution in [3.05, 3.63) is 41.7 Å². The van der Waals surface area contributed by atoms with Crippen LogP contribution in [0, 0.1) is 6.92 Å². The van der Waals surface area contributed by atoms with Gasteiger partial charge in [0.25, 0.3) is 10.0 Å². The molecule has 0 radical (unpaired) electrons. The van der Waals surface area contributed by atoms with Crippen LogP contribution in [-0.2, 0) is 19.5 Å². The Labute approximate surface area is 157 Å². The second-order valence-electron chi connectivity index (χ2n) is 6.28. The quantitative estimate of drug-likeness (QED) is 0.702. The van der Waals surface area contributed by atoms with Gasteiger partial charge in [0.1, 0.15) is 0 Å². The standard InChI is InChI=1S/C17H22N4O5S/c1-3-26-17(22)12-5-4-11(2)16(6-12)27(23,24)20-13-7-19-21(8-13)15-10-25-9-14(15)18/h4-8,14-15,20H,3,9-10,18H2,1-2H3/t14-,15+/m0/s1. The molecule has 3 rings (SSSR count). The molecular weight excluding hydrogens is 372 g/mol. The van der Waals surface area contributed by atoms with E-state index in [1.165, 1.54) is 18.3 Å². The number of hydrogen-bond donors (Lipinski definition) is 2. The van der Waals surface area contributed by atoms with Gasteiger partial charge in [-0.1, -0.05) is 6.07 Å². The van der Waals surface area contributed by atoms with E-state index in [0.717, 1.165) is 0 Å². The summed E-state index contributed by atoms with van der Waals surface area (Å²) in [5.74, 6) is -0.572. The number of ether oxygens (including phenoxy) is 2. The molecule has 2 aromatic rings. The maximum absolute atomic E-state index is 12.8. The molecule has 1 aliphatic heterocycles. The maximum atomic E-state index is 12.8. The highest BCUT2D eigenvalue weighted by Gasteiger charge is 2.28. The Morgan fingerprint density at radius 2 is 2.22 bits per heavy atom. The number of carbonyl (C=O) groups is 1. The Morgan fingerprint density at radius 3 is 2.89 bits per heavy atom. The topological polar surface area (TPSA) is 126 Å². The summed E-state index contributed by atoms with van der Waals surface area (Å²) in [7, 11) is -3.91. The SMILES string of the molecule is CCOC(=O)c1ccc(C)c(S(=O)(=O)Nc2cnn([C@@H]3COC[C@@H]3N)c2)c1. The molecule has 9 nitrogen and oxygen atoms in total. The molecule has 1 aromatic carbocycles. The molecule has 0 unspecified atom stereocenters. The van der Waals surface area contributed by atoms with Crippen molar-refractivity contribution >= 4 is 21.7 Å². The smallest absolute Gasteiger partial charge is 0.338 e. The first-order valence-electron chi connectivity index (χ1n) is 8.50. The molecule has 0 bridgehead atoms. The van der Waals surface area contributed by atoms with E-state index in [9.17, 15) is 13.2 Å². The molecule has 0 saturated carbocycles. The highest BCUT2D eigenvalue weighted by molar-refractivity contribution is 7.92. The predicted molar refractivity (Wildman–Crippen MR) is 98.0 cm³/mol. The highest BCUT2D eigenvalue weighted by atomic mass is 32.2. The van der Waals surface area contributed by atoms with Gasteiger partial charge in [0.2, 0.25) is 0 Å². The highest BCUT2D eigenvalue weighted by Crippen LogP contribution is 2.23. The van der Waals surface area contributed by atoms with Crippen LogP contribution in [0.2, 0.25) is 0 Å². The predicted octanol–water partition coefficient (Wildman–Crippen LogP) is 1.07. The second-order valence-corrected chi connectivity index (χ2v) is 7.93. The van der Waals surface area contributed by atoms with Crippen LogP contribution in [0.1, 0.15) is 28.9 Å². The van der Waals surface area contributed by atoms with Crippen LogP contribution in [0.5, 0.6) is 0 Å². The van der Waals surface area contributed by atoms with Gasteiger partial charge in [0.05, 0.1) is 54.2 Å². The van der Waals surface area contributed by atoms with E-state index in [0.29, 0.717) is 24.5 Å². The van der Waals surface area contributed by atoms with Gasteiger partial charge in [-0.3, -0.25) is 9.40 Å². The van der Waals surface area contributed by atoms with Crippen molar-refractivity contribution in [2.24, 2.45) is 5.73 Å². The van der Waals surface area contributed by atoms with E-state index in [1.54, 1.807) is 30.8 Å². The number of esters is 1. The lowest BCUT2D eigenvalue weighted by molar-refractivity contribution is 0.0526. The molecule has 1 fully saturated rings. The van der Waals surface area contributed by atoms with E-state index in [4.69, 9.17) is 15.2 Å². The summed E-state index contributed by atoms with van der Waals surface area (Å²) in [4.78, 5) is 11.9. The molecule has 2 atom stereocenters. The molecule has 0 amide bonds. The summed E-state index contributed by atoms with van der Waals surface area (Å²) in [5, 5.41) is 4.17. The number of nitrogens with one attached hydrogen (secondary N) is 1. The fourth-order valence-electron chi connectivity index (χ4n) is 2.85. The number of anilines is 1. The number of benzene rings is 1. The molecule has 2 heterocycles. The van der Waals surface area contributed by atoms with Crippen molar-refractivity contribution in [3.8, 4) is 0 Å². The van der Waals surface area contributed by atoms with Gasteiger partial charge >= 0.3 is 5.97 Å². The number of sulfonamides is 1. The van der Waals surface area contributed by atoms with Crippen LogP contribution in [0.4, 0.5) is 5.69 Å². The second kappa shape index (κ2) is 7.67. The van der Waals surface area contributed by atoms with Gasteiger partial charge in [0.15, 0.2) is 0 Å². The van der Waals surface area contributed by atoms with Gasteiger partial charge < -0.3 is 15.2 Å². The van der Waals surface area contributed by atoms with Crippen molar-refractivity contribution in [2.45, 2.75) is 30.8 Å². The fourth-order valence-corrected chi connectivity index (χ4v) is 4.15. The summed E-state index contributed by atoms with van der Waals surface area (Å²) in [6, 6.07) is 4.07. The number of nitrogens with two attached hydrogens (primary N) is 1. The first-order valence-corrected chi connectivity index (χ1v) is 9.98. The molecule has 1 aromatic heterocycles. The average molecular weight is 394 g/mol. The normalized spacial score (nSPS) is 19.8. The Hall–Kier alpha value is -2.43. The summed E-state index contributed by atoms with van der Waals surface area (Å²) in [6.45, 7) is 4.41. The summed E-state index contributed by atoms with van der Waals surface area (Å²) in [5.41, 5.74) is 6.94. The lowest BCUT2D eigenvalue weighted by atomic mass is 10.1. The minimum Gasteiger partial charge on any atom is -0.462 e. The fraction of sp³-hybridized carbons (Fsp3) is 0.412. The number of carbonyl (C=O) groups excluding carboxylic acids is 1. The van der Waals surface area contributed by atoms with E-state index < -0.39 is 16.0 Å². The third-order valence-corrected chi connectivity index (χ3v) is 5.80. The third-order valence-electron chi connectivity index (χ3n) is 4.28. The number of nitrogens with zero attached hydrogens (tertiary/aromatic N) is 2. The summed E-state index contributed by atoms with van der Waals surface area (Å²) >= 11 is 0. The molecule has 1 aliphatic rings. The molecule has 3 N–H and O–H groups in total. The van der Waals surface area contributed by atoms with Crippen molar-refractivity contribution in [2.75, 3.05) is 24.5 Å². The number of aryl methyl sites for hydroxylation is 1. The van der Waals surface area contributed by atoms with E-state index in [-0.39, 0.29) is 29.1 Å². The van der Waals surface area contributed by atoms with Gasteiger partial charge in [-0.25, -0.2) is 13.2 Å². The average Bonchev–Trinajstić information content (AvgIpc) is 3.23. The van der Waals surface area contributed by atoms with Gasteiger partial charge in [-0.05, 0) is 31.5 Å². The van der Waals surface area contributed by atoms with Crippen LogP contribution in [-0.4, -0.2) is 50.0 Å². The maximum Gasteiger partial charge on any atom is 0.338 e. The molecular formula is C17H22N4O5S. The first kappa shape index (κ1) is 19.3. The molecule has 1 saturated heterocycles. The minimum absolute atomic E-state index is 0.00158. The van der Waals surface area contributed by atoms with Gasteiger partial charge in [-0.15, -0.1) is 0 Å². The largest absolute Gasteiger partial charge is 0.462 e. The zero-order valence-corrected chi connectivity index (χ0v) is 15.9. The monoisotopic (exact) mass is 394 g/mol. The van der Waals surface area contributed by atoms with Crippen molar-refractivity contribution in [3.63, 3.8) is 0 Å². The summed E-state index contributed by atoms with van der Waals surface area (Å²) in [6.07, 6.45) is 2.98. The number of rotatable bonds is 6. The molecule has 0 aliphatic carbocycles. The van der Waals surface area contributed by atoms with Crippen molar-refractivity contribution in [1.29, 1.82) is 0 Å².